The van der Waals surface area contributed by atoms with Crippen LogP contribution in [0.3, 0.4) is 0 Å². The first kappa shape index (κ1) is 59.4. The molecule has 0 bridgehead atoms. The molecule has 1 N–H and O–H groups in total. The first-order chi connectivity index (χ1) is 25.1. The van der Waals surface area contributed by atoms with Crippen molar-refractivity contribution in [3.63, 3.8) is 0 Å². The van der Waals surface area contributed by atoms with Gasteiger partial charge in [0, 0.05) is 0 Å². The number of ether oxygens (including phenoxy) is 4. The van der Waals surface area contributed by atoms with E-state index in [1.54, 1.807) is 0 Å². The van der Waals surface area contributed by atoms with Gasteiger partial charge in [-0.1, -0.05) is 0 Å². The summed E-state index contributed by atoms with van der Waals surface area (Å²) < 4.78 is 473. The lowest BCUT2D eigenvalue weighted by molar-refractivity contribution is -0.610. The van der Waals surface area contributed by atoms with E-state index in [1.807, 2.05) is 0 Å². The molecule has 0 saturated carbocycles. The van der Waals surface area contributed by atoms with Crippen LogP contribution in [0.4, 0.5) is 154 Å². The molecule has 0 amide bonds. The van der Waals surface area contributed by atoms with E-state index in [9.17, 15) is 162 Å². The molecule has 364 valence electrons. The van der Waals surface area contributed by atoms with E-state index < -0.39 is 113 Å². The molecule has 0 aliphatic heterocycles. The van der Waals surface area contributed by atoms with Crippen LogP contribution in [0.2, 0.25) is 0 Å². The number of halogens is 35. The number of rotatable bonds is 17. The Balaban J connectivity index is 0. The van der Waals surface area contributed by atoms with Crippen molar-refractivity contribution in [3.05, 3.63) is 0 Å². The van der Waals surface area contributed by atoms with Crippen molar-refractivity contribution < 1.29 is 186 Å². The first-order valence-corrected chi connectivity index (χ1v) is 13.3. The van der Waals surface area contributed by atoms with E-state index in [0.29, 0.717) is 0 Å². The maximum atomic E-state index is 13.8. The minimum absolute atomic E-state index is 0.966. The van der Waals surface area contributed by atoms with Crippen LogP contribution < -0.4 is 0 Å². The highest BCUT2D eigenvalue weighted by molar-refractivity contribution is 7.87. The smallest absolute Gasteiger partial charge is 0.281 e. The van der Waals surface area contributed by atoms with Gasteiger partial charge in [-0.25, -0.2) is 23.3 Å². The summed E-state index contributed by atoms with van der Waals surface area (Å²) in [6, 6.07) is -7.97. The highest BCUT2D eigenvalue weighted by atomic mass is 32.2. The lowest BCUT2D eigenvalue weighted by Crippen LogP contribution is -2.69. The number of hydrogen-bond acceptors (Lipinski definition) is 6. The summed E-state index contributed by atoms with van der Waals surface area (Å²) in [4.78, 5) is 0. The molecule has 0 aromatic rings. The Labute approximate surface area is 299 Å². The molecule has 0 rings (SSSR count). The van der Waals surface area contributed by atoms with Crippen LogP contribution in [-0.4, -0.2) is 116 Å². The van der Waals surface area contributed by atoms with Gasteiger partial charge in [0.2, 0.25) is 0 Å². The summed E-state index contributed by atoms with van der Waals surface area (Å²) >= 11 is 0. The molecule has 0 spiro atoms. The van der Waals surface area contributed by atoms with Gasteiger partial charge < -0.3 is 0 Å². The largest absolute Gasteiger partial charge is 0.527 e. The van der Waals surface area contributed by atoms with Gasteiger partial charge in [-0.15, -0.1) is 13.2 Å². The first-order valence-electron chi connectivity index (χ1n) is 11.9. The van der Waals surface area contributed by atoms with Crippen molar-refractivity contribution in [1.29, 1.82) is 0 Å². The molecule has 0 radical (unpaired) electrons. The van der Waals surface area contributed by atoms with Crippen LogP contribution in [0, 0.1) is 0 Å². The summed E-state index contributed by atoms with van der Waals surface area (Å²) in [7, 11) is -7.17. The monoisotopic (exact) mass is 1020 g/mol. The Kier molecular flexibility index (Phi) is 15.7. The third kappa shape index (κ3) is 10.7. The summed E-state index contributed by atoms with van der Waals surface area (Å²) in [6.07, 6.45) is -63.5. The van der Waals surface area contributed by atoms with E-state index in [0.717, 1.165) is 9.47 Å². The fourth-order valence-electron chi connectivity index (χ4n) is 2.29. The molecule has 0 aromatic carbocycles. The standard InChI is InChI=1S/C13H2F26O4.C4HF9O3S/c14-1-2(15,16)3(17,18)4(19,20)5(21,22)7(26,27)40-9(30,31)10(32,33)41-11(34,35)12(36,43-13(37,38)39)42-8(28,29)6(23,24)25;5-1(6,3(9,10)11)2(7,8)4(12,13)17(14,15)16/h1H2;(H,14,15,16). The minimum Gasteiger partial charge on any atom is -0.281 e. The average Bonchev–Trinajstić information content (AvgIpc) is 2.92. The Morgan fingerprint density at radius 3 is 0.950 bits per heavy atom. The maximum Gasteiger partial charge on any atom is 0.527 e. The molecule has 7 nitrogen and oxygen atoms in total. The molecular formula is C17H3F35O7S. The zero-order valence-electron chi connectivity index (χ0n) is 25.2. The highest BCUT2D eigenvalue weighted by Gasteiger charge is 2.89. The van der Waals surface area contributed by atoms with Gasteiger partial charge in [-0.2, -0.15) is 145 Å². The van der Waals surface area contributed by atoms with Gasteiger partial charge in [0.05, 0.1) is 0 Å². The van der Waals surface area contributed by atoms with Crippen molar-refractivity contribution in [3.8, 4) is 0 Å². The van der Waals surface area contributed by atoms with Gasteiger partial charge in [-0.3, -0.25) is 4.55 Å². The highest BCUT2D eigenvalue weighted by Crippen LogP contribution is 2.60. The zero-order chi connectivity index (χ0) is 50.0. The zero-order valence-corrected chi connectivity index (χ0v) is 26.1. The second-order valence-corrected chi connectivity index (χ2v) is 11.1. The van der Waals surface area contributed by atoms with Crippen molar-refractivity contribution in [1.82, 2.24) is 0 Å². The van der Waals surface area contributed by atoms with Crippen LogP contribution in [0.5, 0.6) is 0 Å². The van der Waals surface area contributed by atoms with Crippen molar-refractivity contribution in [2.45, 2.75) is 96.1 Å². The SMILES string of the molecule is FCC(F)(F)C(F)(F)C(F)(F)C(F)(F)C(F)(F)OC(F)(F)C(F)(F)OC(F)(F)C(F)(OC(F)(F)F)OC(F)(F)C(F)(F)F.O=S(=O)(O)C(F)(F)C(F)(F)C(F)(F)C(F)(F)F. The Morgan fingerprint density at radius 1 is 0.350 bits per heavy atom. The van der Waals surface area contributed by atoms with Gasteiger partial charge in [0.1, 0.15) is 0 Å². The van der Waals surface area contributed by atoms with Gasteiger partial charge in [0.15, 0.2) is 6.67 Å². The van der Waals surface area contributed by atoms with Crippen LogP contribution >= 0.6 is 0 Å². The Bertz CT molecular complexity index is 1570. The molecular weight excluding hydrogens is 1010 g/mol. The maximum absolute atomic E-state index is 13.8. The number of alkyl halides is 35. The Hall–Kier alpha value is -2.70. The van der Waals surface area contributed by atoms with Crippen LogP contribution in [0.15, 0.2) is 0 Å². The number of hydrogen-bond donors (Lipinski definition) is 1. The van der Waals surface area contributed by atoms with Gasteiger partial charge in [-0.05, 0) is 0 Å². The normalized spacial score (nSPS) is 17.3. The minimum atomic E-state index is -8.70. The van der Waals surface area contributed by atoms with E-state index in [1.165, 1.54) is 9.47 Å². The molecule has 0 aromatic heterocycles. The van der Waals surface area contributed by atoms with Crippen LogP contribution in [0.25, 0.3) is 0 Å². The molecule has 0 aliphatic carbocycles. The second kappa shape index (κ2) is 15.8. The van der Waals surface area contributed by atoms with Crippen LogP contribution in [-0.2, 0) is 29.1 Å². The predicted molar refractivity (Wildman–Crippen MR) is 103 cm³/mol. The molecule has 0 heterocycles. The van der Waals surface area contributed by atoms with Crippen molar-refractivity contribution in [2.24, 2.45) is 0 Å². The summed E-state index contributed by atoms with van der Waals surface area (Å²) in [5.41, 5.74) is 0. The van der Waals surface area contributed by atoms with Crippen molar-refractivity contribution in [2.75, 3.05) is 6.67 Å². The molecule has 0 saturated heterocycles. The van der Waals surface area contributed by atoms with E-state index in [4.69, 9.17) is 4.55 Å². The molecule has 0 aliphatic rings. The van der Waals surface area contributed by atoms with Crippen LogP contribution in [0.1, 0.15) is 0 Å². The lowest BCUT2D eigenvalue weighted by Gasteiger charge is -2.40. The second-order valence-electron chi connectivity index (χ2n) is 9.67. The predicted octanol–water partition coefficient (Wildman–Crippen LogP) is 10.5. The molecule has 60 heavy (non-hydrogen) atoms. The fourth-order valence-corrected chi connectivity index (χ4v) is 2.75. The summed E-state index contributed by atoms with van der Waals surface area (Å²) in [5, 5.41) is -7.00. The molecule has 1 unspecified atom stereocenters. The molecule has 43 heteroatoms. The van der Waals surface area contributed by atoms with E-state index >= 15 is 0 Å². The van der Waals surface area contributed by atoms with E-state index in [2.05, 4.69) is 0 Å². The fraction of sp³-hybridized carbons (Fsp3) is 1.00. The topological polar surface area (TPSA) is 91.3 Å². The molecule has 0 fully saturated rings. The Morgan fingerprint density at radius 2 is 0.683 bits per heavy atom. The third-order valence-corrected chi connectivity index (χ3v) is 6.16. The van der Waals surface area contributed by atoms with Gasteiger partial charge >= 0.3 is 106 Å². The summed E-state index contributed by atoms with van der Waals surface area (Å²) in [6.45, 7) is -4.12. The average molecular weight is 1020 g/mol. The van der Waals surface area contributed by atoms with E-state index in [-0.39, 0.29) is 0 Å². The van der Waals surface area contributed by atoms with Crippen molar-refractivity contribution >= 4 is 10.1 Å². The quantitative estimate of drug-likeness (QED) is 0.0882. The molecule has 1 atom stereocenters. The lowest BCUT2D eigenvalue weighted by atomic mass is 9.98. The third-order valence-electron chi connectivity index (χ3n) is 5.26. The summed E-state index contributed by atoms with van der Waals surface area (Å²) in [5.74, 6) is -47.2. The van der Waals surface area contributed by atoms with Gasteiger partial charge in [0.25, 0.3) is 0 Å².